The van der Waals surface area contributed by atoms with Crippen LogP contribution in [0.4, 0.5) is 5.69 Å². The van der Waals surface area contributed by atoms with Crippen LogP contribution in [-0.4, -0.2) is 27.4 Å². The van der Waals surface area contributed by atoms with Crippen LogP contribution in [0.25, 0.3) is 11.0 Å². The SMILES string of the molecule is Cc1c(Cl)cccc1NC(=O)Cn1c(=O)c(CCC(=O)NC2CCCC2)nc2ccccc21. The van der Waals surface area contributed by atoms with Gasteiger partial charge in [0.15, 0.2) is 0 Å². The summed E-state index contributed by atoms with van der Waals surface area (Å²) in [6.07, 6.45) is 4.70. The molecule has 7 nitrogen and oxygen atoms in total. The lowest BCUT2D eigenvalue weighted by molar-refractivity contribution is -0.121. The molecule has 1 aliphatic carbocycles. The lowest BCUT2D eigenvalue weighted by Gasteiger charge is -2.14. The van der Waals surface area contributed by atoms with Gasteiger partial charge in [-0.15, -0.1) is 0 Å². The minimum absolute atomic E-state index is 0.0722. The summed E-state index contributed by atoms with van der Waals surface area (Å²) in [7, 11) is 0. The molecule has 1 aliphatic rings. The van der Waals surface area contributed by atoms with Crippen molar-refractivity contribution in [2.45, 2.75) is 58.0 Å². The van der Waals surface area contributed by atoms with Crippen LogP contribution in [0.2, 0.25) is 5.02 Å². The van der Waals surface area contributed by atoms with Crippen molar-refractivity contribution in [2.24, 2.45) is 0 Å². The highest BCUT2D eigenvalue weighted by atomic mass is 35.5. The van der Waals surface area contributed by atoms with Gasteiger partial charge < -0.3 is 10.6 Å². The summed E-state index contributed by atoms with van der Waals surface area (Å²) in [5.74, 6) is -0.416. The summed E-state index contributed by atoms with van der Waals surface area (Å²) in [5, 5.41) is 6.43. The minimum atomic E-state index is -0.361. The standard InChI is InChI=1S/C25H27ClN4O3/c1-16-18(26)9-6-11-19(16)29-24(32)15-30-22-12-5-4-10-20(22)28-21(25(30)33)13-14-23(31)27-17-7-2-3-8-17/h4-6,9-12,17H,2-3,7-8,13-15H2,1H3,(H,27,31)(H,29,32). The van der Waals surface area contributed by atoms with Crippen molar-refractivity contribution in [3.63, 3.8) is 0 Å². The van der Waals surface area contributed by atoms with Gasteiger partial charge in [0.05, 0.1) is 11.0 Å². The molecule has 0 spiro atoms. The van der Waals surface area contributed by atoms with E-state index < -0.39 is 0 Å². The van der Waals surface area contributed by atoms with Crippen LogP contribution in [0.1, 0.15) is 43.4 Å². The maximum atomic E-state index is 13.2. The van der Waals surface area contributed by atoms with Crippen molar-refractivity contribution in [2.75, 3.05) is 5.32 Å². The molecule has 3 aromatic rings. The number of carbonyl (C=O) groups excluding carboxylic acids is 2. The Morgan fingerprint density at radius 2 is 1.85 bits per heavy atom. The first-order chi connectivity index (χ1) is 15.9. The molecule has 1 fully saturated rings. The molecular formula is C25H27ClN4O3. The number of hydrogen-bond acceptors (Lipinski definition) is 4. The second-order valence-electron chi connectivity index (χ2n) is 8.45. The lowest BCUT2D eigenvalue weighted by Crippen LogP contribution is -2.34. The van der Waals surface area contributed by atoms with Gasteiger partial charge in [-0.25, -0.2) is 4.98 Å². The Hall–Kier alpha value is -3.19. The zero-order chi connectivity index (χ0) is 23.4. The second-order valence-corrected chi connectivity index (χ2v) is 8.86. The third-order valence-corrected chi connectivity index (χ3v) is 6.48. The minimum Gasteiger partial charge on any atom is -0.353 e. The highest BCUT2D eigenvalue weighted by molar-refractivity contribution is 6.31. The lowest BCUT2D eigenvalue weighted by atomic mass is 10.2. The smallest absolute Gasteiger partial charge is 0.273 e. The predicted octanol–water partition coefficient (Wildman–Crippen LogP) is 3.99. The number of amides is 2. The largest absolute Gasteiger partial charge is 0.353 e. The summed E-state index contributed by atoms with van der Waals surface area (Å²) < 4.78 is 1.42. The third-order valence-electron chi connectivity index (χ3n) is 6.07. The number of para-hydroxylation sites is 2. The van der Waals surface area contributed by atoms with E-state index >= 15 is 0 Å². The van der Waals surface area contributed by atoms with Gasteiger partial charge in [-0.3, -0.25) is 19.0 Å². The first kappa shape index (κ1) is 23.0. The quantitative estimate of drug-likeness (QED) is 0.550. The normalized spacial score (nSPS) is 13.9. The summed E-state index contributed by atoms with van der Waals surface area (Å²) in [4.78, 5) is 42.9. The number of aryl methyl sites for hydroxylation is 1. The van der Waals surface area contributed by atoms with Gasteiger partial charge in [0.25, 0.3) is 5.56 Å². The molecule has 0 radical (unpaired) electrons. The Balaban J connectivity index is 1.54. The first-order valence-corrected chi connectivity index (χ1v) is 11.6. The summed E-state index contributed by atoms with van der Waals surface area (Å²) >= 11 is 6.15. The van der Waals surface area contributed by atoms with Gasteiger partial charge in [0.1, 0.15) is 12.2 Å². The highest BCUT2D eigenvalue weighted by Crippen LogP contribution is 2.23. The van der Waals surface area contributed by atoms with Crippen molar-refractivity contribution in [3.05, 3.63) is 69.1 Å². The number of fused-ring (bicyclic) bond motifs is 1. The van der Waals surface area contributed by atoms with Gasteiger partial charge in [-0.05, 0) is 49.6 Å². The van der Waals surface area contributed by atoms with E-state index in [0.717, 1.165) is 31.2 Å². The van der Waals surface area contributed by atoms with E-state index in [1.54, 1.807) is 36.4 Å². The Kier molecular flexibility index (Phi) is 7.08. The second kappa shape index (κ2) is 10.2. The van der Waals surface area contributed by atoms with Crippen LogP contribution >= 0.6 is 11.6 Å². The molecule has 2 N–H and O–H groups in total. The fraction of sp³-hybridized carbons (Fsp3) is 0.360. The van der Waals surface area contributed by atoms with Crippen molar-refractivity contribution >= 4 is 40.1 Å². The molecule has 0 saturated heterocycles. The van der Waals surface area contributed by atoms with Crippen LogP contribution in [0.15, 0.2) is 47.3 Å². The maximum absolute atomic E-state index is 13.2. The van der Waals surface area contributed by atoms with Crippen molar-refractivity contribution in [3.8, 4) is 0 Å². The molecule has 8 heteroatoms. The fourth-order valence-electron chi connectivity index (χ4n) is 4.24. The van der Waals surface area contributed by atoms with Crippen LogP contribution in [0, 0.1) is 6.92 Å². The average molecular weight is 467 g/mol. The number of hydrogen-bond donors (Lipinski definition) is 2. The van der Waals surface area contributed by atoms with Crippen LogP contribution in [-0.2, 0) is 22.6 Å². The van der Waals surface area contributed by atoms with Crippen molar-refractivity contribution in [1.29, 1.82) is 0 Å². The van der Waals surface area contributed by atoms with E-state index in [1.807, 2.05) is 13.0 Å². The van der Waals surface area contributed by atoms with Crippen LogP contribution < -0.4 is 16.2 Å². The Morgan fingerprint density at radius 3 is 2.64 bits per heavy atom. The molecule has 2 amide bonds. The molecule has 0 bridgehead atoms. The van der Waals surface area contributed by atoms with Gasteiger partial charge in [0.2, 0.25) is 11.8 Å². The van der Waals surface area contributed by atoms with Gasteiger partial charge in [-0.2, -0.15) is 0 Å². The number of rotatable bonds is 7. The van der Waals surface area contributed by atoms with E-state index in [-0.39, 0.29) is 48.5 Å². The molecular weight excluding hydrogens is 440 g/mol. The van der Waals surface area contributed by atoms with E-state index in [9.17, 15) is 14.4 Å². The number of anilines is 1. The van der Waals surface area contributed by atoms with Crippen molar-refractivity contribution < 1.29 is 9.59 Å². The van der Waals surface area contributed by atoms with E-state index in [0.29, 0.717) is 21.7 Å². The Morgan fingerprint density at radius 1 is 1.09 bits per heavy atom. The number of carbonyl (C=O) groups is 2. The molecule has 1 saturated carbocycles. The van der Waals surface area contributed by atoms with E-state index in [1.165, 1.54) is 4.57 Å². The molecule has 2 aromatic carbocycles. The number of nitrogens with one attached hydrogen (secondary N) is 2. The highest BCUT2D eigenvalue weighted by Gasteiger charge is 2.19. The number of halogens is 1. The molecule has 33 heavy (non-hydrogen) atoms. The third kappa shape index (κ3) is 5.42. The van der Waals surface area contributed by atoms with Gasteiger partial charge >= 0.3 is 0 Å². The summed E-state index contributed by atoms with van der Waals surface area (Å²) in [6.45, 7) is 1.65. The number of benzene rings is 2. The zero-order valence-corrected chi connectivity index (χ0v) is 19.3. The van der Waals surface area contributed by atoms with Crippen LogP contribution in [0.3, 0.4) is 0 Å². The zero-order valence-electron chi connectivity index (χ0n) is 18.6. The van der Waals surface area contributed by atoms with Gasteiger partial charge in [0, 0.05) is 29.6 Å². The molecule has 0 aliphatic heterocycles. The topological polar surface area (TPSA) is 93.1 Å². The van der Waals surface area contributed by atoms with E-state index in [2.05, 4.69) is 15.6 Å². The maximum Gasteiger partial charge on any atom is 0.273 e. The monoisotopic (exact) mass is 466 g/mol. The molecule has 4 rings (SSSR count). The fourth-order valence-corrected chi connectivity index (χ4v) is 4.42. The summed E-state index contributed by atoms with van der Waals surface area (Å²) in [5.41, 5.74) is 2.45. The summed E-state index contributed by atoms with van der Waals surface area (Å²) in [6, 6.07) is 12.7. The first-order valence-electron chi connectivity index (χ1n) is 11.2. The average Bonchev–Trinajstić information content (AvgIpc) is 3.30. The van der Waals surface area contributed by atoms with Crippen LogP contribution in [0.5, 0.6) is 0 Å². The molecule has 1 aromatic heterocycles. The Bertz CT molecular complexity index is 1250. The molecule has 0 unspecified atom stereocenters. The number of aromatic nitrogens is 2. The van der Waals surface area contributed by atoms with Gasteiger partial charge in [-0.1, -0.05) is 42.6 Å². The molecule has 172 valence electrons. The number of nitrogens with zero attached hydrogens (tertiary/aromatic N) is 2. The predicted molar refractivity (Wildman–Crippen MR) is 130 cm³/mol. The molecule has 1 heterocycles. The molecule has 0 atom stereocenters. The Labute approximate surface area is 197 Å². The van der Waals surface area contributed by atoms with E-state index in [4.69, 9.17) is 11.6 Å². The van der Waals surface area contributed by atoms with Crippen molar-refractivity contribution in [1.82, 2.24) is 14.9 Å².